The molecular formula is C11H17NO5S. The highest BCUT2D eigenvalue weighted by Crippen LogP contribution is 2.34. The number of hydrogen-bond acceptors (Lipinski definition) is 5. The molecule has 1 aliphatic carbocycles. The predicted molar refractivity (Wildman–Crippen MR) is 63.4 cm³/mol. The summed E-state index contributed by atoms with van der Waals surface area (Å²) < 4.78 is 36.7. The molecule has 2 rings (SSSR count). The van der Waals surface area contributed by atoms with Crippen molar-refractivity contribution in [3.8, 4) is 0 Å². The van der Waals surface area contributed by atoms with E-state index >= 15 is 0 Å². The van der Waals surface area contributed by atoms with E-state index in [0.29, 0.717) is 0 Å². The van der Waals surface area contributed by atoms with Crippen LogP contribution in [-0.2, 0) is 21.4 Å². The second-order valence-electron chi connectivity index (χ2n) is 4.44. The lowest BCUT2D eigenvalue weighted by Crippen LogP contribution is -2.49. The van der Waals surface area contributed by atoms with Gasteiger partial charge in [-0.3, -0.25) is 0 Å². The normalized spacial score (nSPS) is 18.6. The Hall–Kier alpha value is -0.890. The molecule has 0 saturated heterocycles. The molecule has 1 fully saturated rings. The second kappa shape index (κ2) is 5.00. The molecule has 102 valence electrons. The third kappa shape index (κ3) is 2.59. The van der Waals surface area contributed by atoms with Gasteiger partial charge >= 0.3 is 0 Å². The van der Waals surface area contributed by atoms with E-state index in [1.54, 1.807) is 7.11 Å². The maximum Gasteiger partial charge on any atom is 0.274 e. The van der Waals surface area contributed by atoms with Crippen molar-refractivity contribution in [3.63, 3.8) is 0 Å². The van der Waals surface area contributed by atoms with Gasteiger partial charge in [-0.05, 0) is 31.4 Å². The third-order valence-electron chi connectivity index (χ3n) is 3.34. The van der Waals surface area contributed by atoms with Crippen LogP contribution in [0.1, 0.15) is 25.0 Å². The predicted octanol–water partition coefficient (Wildman–Crippen LogP) is 0.619. The van der Waals surface area contributed by atoms with Gasteiger partial charge in [-0.1, -0.05) is 0 Å². The van der Waals surface area contributed by atoms with Gasteiger partial charge in [-0.2, -0.15) is 0 Å². The summed E-state index contributed by atoms with van der Waals surface area (Å²) in [7, 11) is -2.09. The summed E-state index contributed by atoms with van der Waals surface area (Å²) in [5.41, 5.74) is -0.376. The molecule has 0 spiro atoms. The second-order valence-corrected chi connectivity index (χ2v) is 6.14. The summed E-state index contributed by atoms with van der Waals surface area (Å²) >= 11 is 0. The lowest BCUT2D eigenvalue weighted by Gasteiger charge is -2.40. The van der Waals surface area contributed by atoms with Crippen molar-refractivity contribution in [2.24, 2.45) is 0 Å². The van der Waals surface area contributed by atoms with Crippen molar-refractivity contribution in [1.82, 2.24) is 4.72 Å². The van der Waals surface area contributed by atoms with Crippen LogP contribution < -0.4 is 4.72 Å². The zero-order valence-electron chi connectivity index (χ0n) is 10.2. The number of aliphatic hydroxyl groups is 1. The number of ether oxygens (including phenoxy) is 1. The van der Waals surface area contributed by atoms with E-state index in [-0.39, 0.29) is 29.6 Å². The molecule has 1 heterocycles. The van der Waals surface area contributed by atoms with E-state index in [0.717, 1.165) is 19.3 Å². The van der Waals surface area contributed by atoms with Crippen LogP contribution in [0.2, 0.25) is 0 Å². The van der Waals surface area contributed by atoms with Crippen molar-refractivity contribution in [3.05, 3.63) is 17.9 Å². The summed E-state index contributed by atoms with van der Waals surface area (Å²) in [5.74, 6) is 0.223. The Morgan fingerprint density at radius 1 is 1.50 bits per heavy atom. The number of furan rings is 1. The van der Waals surface area contributed by atoms with Crippen molar-refractivity contribution in [2.75, 3.05) is 13.7 Å². The fourth-order valence-corrected chi connectivity index (χ4v) is 2.97. The number of hydrogen-bond donors (Lipinski definition) is 2. The quantitative estimate of drug-likeness (QED) is 0.794. The van der Waals surface area contributed by atoms with E-state index in [2.05, 4.69) is 4.72 Å². The molecule has 0 unspecified atom stereocenters. The summed E-state index contributed by atoms with van der Waals surface area (Å²) in [6.45, 7) is -0.0848. The first-order valence-electron chi connectivity index (χ1n) is 5.76. The molecule has 7 heteroatoms. The molecule has 1 aromatic heterocycles. The van der Waals surface area contributed by atoms with Gasteiger partial charge in [0.2, 0.25) is 5.09 Å². The maximum absolute atomic E-state index is 11.9. The lowest BCUT2D eigenvalue weighted by molar-refractivity contribution is -0.0659. The van der Waals surface area contributed by atoms with E-state index in [9.17, 15) is 8.42 Å². The maximum atomic E-state index is 11.9. The van der Waals surface area contributed by atoms with Gasteiger partial charge in [0.25, 0.3) is 10.0 Å². The van der Waals surface area contributed by atoms with Gasteiger partial charge in [0.15, 0.2) is 0 Å². The smallest absolute Gasteiger partial charge is 0.274 e. The molecule has 0 bridgehead atoms. The molecule has 0 aromatic carbocycles. The van der Waals surface area contributed by atoms with Crippen LogP contribution >= 0.6 is 0 Å². The number of sulfonamides is 1. The van der Waals surface area contributed by atoms with E-state index in [1.165, 1.54) is 12.1 Å². The van der Waals surface area contributed by atoms with Gasteiger partial charge in [-0.25, -0.2) is 13.1 Å². The van der Waals surface area contributed by atoms with Crippen molar-refractivity contribution >= 4 is 10.0 Å². The largest absolute Gasteiger partial charge is 0.446 e. The first-order chi connectivity index (χ1) is 8.51. The Labute approximate surface area is 106 Å². The number of nitrogens with one attached hydrogen (secondary N) is 1. The molecule has 1 aliphatic rings. The van der Waals surface area contributed by atoms with Gasteiger partial charge in [0, 0.05) is 13.7 Å². The number of rotatable bonds is 6. The first-order valence-corrected chi connectivity index (χ1v) is 7.24. The van der Waals surface area contributed by atoms with Crippen LogP contribution in [0.25, 0.3) is 0 Å². The first kappa shape index (κ1) is 13.5. The Morgan fingerprint density at radius 3 is 2.67 bits per heavy atom. The van der Waals surface area contributed by atoms with E-state index in [1.807, 2.05) is 0 Å². The van der Waals surface area contributed by atoms with Crippen LogP contribution in [0.4, 0.5) is 0 Å². The van der Waals surface area contributed by atoms with Crippen molar-refractivity contribution < 1.29 is 22.7 Å². The fraction of sp³-hybridized carbons (Fsp3) is 0.636. The van der Waals surface area contributed by atoms with Crippen LogP contribution in [-0.4, -0.2) is 32.8 Å². The van der Waals surface area contributed by atoms with Gasteiger partial charge in [0.1, 0.15) is 12.4 Å². The minimum Gasteiger partial charge on any atom is -0.446 e. The van der Waals surface area contributed by atoms with E-state index < -0.39 is 10.0 Å². The van der Waals surface area contributed by atoms with Crippen LogP contribution in [0.5, 0.6) is 0 Å². The highest BCUT2D eigenvalue weighted by Gasteiger charge is 2.38. The third-order valence-corrected chi connectivity index (χ3v) is 4.61. The molecular weight excluding hydrogens is 258 g/mol. The monoisotopic (exact) mass is 275 g/mol. The number of methoxy groups -OCH3 is 1. The molecule has 1 saturated carbocycles. The molecule has 2 N–H and O–H groups in total. The average molecular weight is 275 g/mol. The molecule has 0 amide bonds. The Bertz CT molecular complexity index is 498. The Kier molecular flexibility index (Phi) is 3.76. The highest BCUT2D eigenvalue weighted by molar-refractivity contribution is 7.89. The molecule has 0 atom stereocenters. The van der Waals surface area contributed by atoms with Crippen LogP contribution in [0.15, 0.2) is 21.6 Å². The highest BCUT2D eigenvalue weighted by atomic mass is 32.2. The molecule has 0 aliphatic heterocycles. The zero-order valence-corrected chi connectivity index (χ0v) is 11.0. The average Bonchev–Trinajstić information content (AvgIpc) is 2.77. The Morgan fingerprint density at radius 2 is 2.22 bits per heavy atom. The fourth-order valence-electron chi connectivity index (χ4n) is 1.91. The summed E-state index contributed by atoms with van der Waals surface area (Å²) in [5, 5.41) is 8.65. The molecule has 6 nitrogen and oxygen atoms in total. The zero-order chi connectivity index (χ0) is 13.2. The molecule has 18 heavy (non-hydrogen) atoms. The minimum atomic E-state index is -3.68. The molecule has 1 aromatic rings. The summed E-state index contributed by atoms with van der Waals surface area (Å²) in [6.07, 6.45) is 2.75. The minimum absolute atomic E-state index is 0.183. The van der Waals surface area contributed by atoms with Crippen molar-refractivity contribution in [2.45, 2.75) is 36.6 Å². The van der Waals surface area contributed by atoms with Crippen LogP contribution in [0, 0.1) is 0 Å². The van der Waals surface area contributed by atoms with E-state index in [4.69, 9.17) is 14.3 Å². The van der Waals surface area contributed by atoms with Crippen LogP contribution in [0.3, 0.4) is 0 Å². The summed E-state index contributed by atoms with van der Waals surface area (Å²) in [4.78, 5) is 0. The van der Waals surface area contributed by atoms with Gasteiger partial charge in [-0.15, -0.1) is 0 Å². The standard InChI is InChI=1S/C11H17NO5S/c1-16-11(5-2-6-11)8-12-18(14,15)10-4-3-9(7-13)17-10/h3-4,12-13H,2,5-8H2,1H3. The topological polar surface area (TPSA) is 88.8 Å². The molecule has 0 radical (unpaired) electrons. The summed E-state index contributed by atoms with van der Waals surface area (Å²) in [6, 6.07) is 2.76. The van der Waals surface area contributed by atoms with Gasteiger partial charge in [0.05, 0.1) is 5.60 Å². The Balaban J connectivity index is 2.03. The van der Waals surface area contributed by atoms with Crippen molar-refractivity contribution in [1.29, 1.82) is 0 Å². The lowest BCUT2D eigenvalue weighted by atomic mass is 9.80. The SMILES string of the molecule is COC1(CNS(=O)(=O)c2ccc(CO)o2)CCC1. The van der Waals surface area contributed by atoms with Gasteiger partial charge < -0.3 is 14.3 Å². The number of aliphatic hydroxyl groups excluding tert-OH is 1.